The van der Waals surface area contributed by atoms with E-state index in [4.69, 9.17) is 16.3 Å². The van der Waals surface area contributed by atoms with Crippen molar-refractivity contribution in [3.63, 3.8) is 0 Å². The molecule has 1 N–H and O–H groups in total. The SMILES string of the molecule is CCC(O)(COC)Cc1c(Cl)c(C)nn1C. The Balaban J connectivity index is 2.93. The lowest BCUT2D eigenvalue weighted by atomic mass is 9.95. The lowest BCUT2D eigenvalue weighted by Gasteiger charge is -2.25. The molecule has 0 bridgehead atoms. The number of ether oxygens (including phenoxy) is 1. The normalized spacial score (nSPS) is 15.1. The highest BCUT2D eigenvalue weighted by Crippen LogP contribution is 2.25. The zero-order valence-corrected chi connectivity index (χ0v) is 11.0. The maximum absolute atomic E-state index is 10.3. The molecule has 0 aromatic carbocycles. The van der Waals surface area contributed by atoms with Gasteiger partial charge < -0.3 is 9.84 Å². The number of nitrogens with zero attached hydrogens (tertiary/aromatic N) is 2. The predicted molar refractivity (Wildman–Crippen MR) is 63.8 cm³/mol. The molecule has 1 aromatic heterocycles. The third-order valence-electron chi connectivity index (χ3n) is 2.83. The molecule has 1 rings (SSSR count). The molecule has 0 fully saturated rings. The molecule has 0 saturated heterocycles. The number of methoxy groups -OCH3 is 1. The van der Waals surface area contributed by atoms with Crippen LogP contribution in [-0.4, -0.2) is 34.2 Å². The van der Waals surface area contributed by atoms with Gasteiger partial charge in [0.1, 0.15) is 0 Å². The first kappa shape index (κ1) is 13.5. The second-order valence-corrected chi connectivity index (χ2v) is 4.54. The van der Waals surface area contributed by atoms with Gasteiger partial charge in [-0.3, -0.25) is 4.68 Å². The summed E-state index contributed by atoms with van der Waals surface area (Å²) >= 11 is 6.14. The molecule has 1 unspecified atom stereocenters. The van der Waals surface area contributed by atoms with Crippen molar-refractivity contribution in [2.24, 2.45) is 7.05 Å². The first-order chi connectivity index (χ1) is 7.43. The van der Waals surface area contributed by atoms with Crippen LogP contribution in [0.2, 0.25) is 5.02 Å². The topological polar surface area (TPSA) is 47.3 Å². The van der Waals surface area contributed by atoms with Crippen LogP contribution in [-0.2, 0) is 18.2 Å². The summed E-state index contributed by atoms with van der Waals surface area (Å²) in [6.07, 6.45) is 1.06. The van der Waals surface area contributed by atoms with E-state index >= 15 is 0 Å². The molecule has 0 aliphatic carbocycles. The van der Waals surface area contributed by atoms with E-state index in [1.54, 1.807) is 11.8 Å². The quantitative estimate of drug-likeness (QED) is 0.861. The minimum atomic E-state index is -0.876. The molecule has 4 nitrogen and oxygen atoms in total. The van der Waals surface area contributed by atoms with Gasteiger partial charge in [0.15, 0.2) is 0 Å². The molecule has 5 heteroatoms. The van der Waals surface area contributed by atoms with Crippen molar-refractivity contribution < 1.29 is 9.84 Å². The maximum atomic E-state index is 10.3. The van der Waals surface area contributed by atoms with Crippen molar-refractivity contribution in [2.75, 3.05) is 13.7 Å². The molecule has 0 saturated carbocycles. The van der Waals surface area contributed by atoms with Crippen LogP contribution in [0.15, 0.2) is 0 Å². The number of hydrogen-bond donors (Lipinski definition) is 1. The Bertz CT molecular complexity index is 365. The Labute approximate surface area is 101 Å². The summed E-state index contributed by atoms with van der Waals surface area (Å²) in [5.41, 5.74) is 0.758. The molecule has 0 aliphatic heterocycles. The summed E-state index contributed by atoms with van der Waals surface area (Å²) in [5.74, 6) is 0. The van der Waals surface area contributed by atoms with E-state index in [-0.39, 0.29) is 0 Å². The molecule has 0 radical (unpaired) electrons. The van der Waals surface area contributed by atoms with E-state index in [2.05, 4.69) is 5.10 Å². The molecule has 1 aromatic rings. The molecule has 0 aliphatic rings. The van der Waals surface area contributed by atoms with Crippen molar-refractivity contribution in [3.8, 4) is 0 Å². The van der Waals surface area contributed by atoms with Crippen LogP contribution < -0.4 is 0 Å². The number of aliphatic hydroxyl groups is 1. The van der Waals surface area contributed by atoms with Gasteiger partial charge in [-0.2, -0.15) is 5.10 Å². The number of hydrogen-bond acceptors (Lipinski definition) is 3. The van der Waals surface area contributed by atoms with Gasteiger partial charge in [-0.1, -0.05) is 18.5 Å². The van der Waals surface area contributed by atoms with Crippen LogP contribution >= 0.6 is 11.6 Å². The van der Waals surface area contributed by atoms with E-state index in [1.165, 1.54) is 0 Å². The van der Waals surface area contributed by atoms with Crippen LogP contribution in [0, 0.1) is 6.92 Å². The van der Waals surface area contributed by atoms with Crippen molar-refractivity contribution in [2.45, 2.75) is 32.3 Å². The smallest absolute Gasteiger partial charge is 0.0932 e. The van der Waals surface area contributed by atoms with Crippen molar-refractivity contribution in [1.29, 1.82) is 0 Å². The minimum Gasteiger partial charge on any atom is -0.387 e. The Kier molecular flexibility index (Phi) is 4.35. The number of rotatable bonds is 5. The van der Waals surface area contributed by atoms with Gasteiger partial charge in [-0.05, 0) is 13.3 Å². The average Bonchev–Trinajstić information content (AvgIpc) is 2.46. The van der Waals surface area contributed by atoms with Gasteiger partial charge in [-0.15, -0.1) is 0 Å². The summed E-state index contributed by atoms with van der Waals surface area (Å²) in [6.45, 7) is 4.08. The monoisotopic (exact) mass is 246 g/mol. The highest BCUT2D eigenvalue weighted by Gasteiger charge is 2.28. The standard InChI is InChI=1S/C11H19ClN2O2/c1-5-11(15,7-16-4)6-9-10(12)8(2)13-14(9)3/h15H,5-7H2,1-4H3. The fraction of sp³-hybridized carbons (Fsp3) is 0.727. The summed E-state index contributed by atoms with van der Waals surface area (Å²) in [5, 5.41) is 15.2. The van der Waals surface area contributed by atoms with Gasteiger partial charge in [0.25, 0.3) is 0 Å². The van der Waals surface area contributed by atoms with Gasteiger partial charge in [0, 0.05) is 20.6 Å². The van der Waals surface area contributed by atoms with Gasteiger partial charge >= 0.3 is 0 Å². The lowest BCUT2D eigenvalue weighted by molar-refractivity contribution is -0.0344. The first-order valence-electron chi connectivity index (χ1n) is 5.33. The third kappa shape index (κ3) is 2.75. The molecular formula is C11H19ClN2O2. The van der Waals surface area contributed by atoms with Gasteiger partial charge in [-0.25, -0.2) is 0 Å². The molecule has 16 heavy (non-hydrogen) atoms. The van der Waals surface area contributed by atoms with E-state index in [1.807, 2.05) is 20.9 Å². The fourth-order valence-electron chi connectivity index (χ4n) is 1.73. The number of aryl methyl sites for hydroxylation is 2. The molecule has 1 atom stereocenters. The van der Waals surface area contributed by atoms with Crippen molar-refractivity contribution in [1.82, 2.24) is 9.78 Å². The largest absolute Gasteiger partial charge is 0.387 e. The van der Waals surface area contributed by atoms with E-state index in [0.29, 0.717) is 24.5 Å². The van der Waals surface area contributed by atoms with Gasteiger partial charge in [0.2, 0.25) is 0 Å². The van der Waals surface area contributed by atoms with Crippen molar-refractivity contribution in [3.05, 3.63) is 16.4 Å². The average molecular weight is 247 g/mol. The number of aromatic nitrogens is 2. The zero-order valence-electron chi connectivity index (χ0n) is 10.2. The second kappa shape index (κ2) is 5.17. The highest BCUT2D eigenvalue weighted by atomic mass is 35.5. The summed E-state index contributed by atoms with van der Waals surface area (Å²) < 4.78 is 6.75. The lowest BCUT2D eigenvalue weighted by Crippen LogP contribution is -2.36. The molecule has 92 valence electrons. The van der Waals surface area contributed by atoms with Crippen LogP contribution in [0.3, 0.4) is 0 Å². The van der Waals surface area contributed by atoms with Crippen LogP contribution in [0.5, 0.6) is 0 Å². The summed E-state index contributed by atoms with van der Waals surface area (Å²) in [6, 6.07) is 0. The van der Waals surface area contributed by atoms with Crippen molar-refractivity contribution >= 4 is 11.6 Å². The predicted octanol–water partition coefficient (Wildman–Crippen LogP) is 1.71. The summed E-state index contributed by atoms with van der Waals surface area (Å²) in [4.78, 5) is 0. The number of halogens is 1. The second-order valence-electron chi connectivity index (χ2n) is 4.16. The van der Waals surface area contributed by atoms with Gasteiger partial charge in [0.05, 0.1) is 28.6 Å². The molecule has 0 spiro atoms. The third-order valence-corrected chi connectivity index (χ3v) is 3.32. The Hall–Kier alpha value is -0.580. The summed E-state index contributed by atoms with van der Waals surface area (Å²) in [7, 11) is 3.41. The zero-order chi connectivity index (χ0) is 12.3. The minimum absolute atomic E-state index is 0.296. The highest BCUT2D eigenvalue weighted by molar-refractivity contribution is 6.31. The Morgan fingerprint density at radius 3 is 2.56 bits per heavy atom. The molecular weight excluding hydrogens is 228 g/mol. The maximum Gasteiger partial charge on any atom is 0.0932 e. The van der Waals surface area contributed by atoms with Crippen LogP contribution in [0.4, 0.5) is 0 Å². The van der Waals surface area contributed by atoms with Crippen LogP contribution in [0.1, 0.15) is 24.7 Å². The first-order valence-corrected chi connectivity index (χ1v) is 5.70. The Morgan fingerprint density at radius 1 is 1.56 bits per heavy atom. The van der Waals surface area contributed by atoms with E-state index < -0.39 is 5.60 Å². The van der Waals surface area contributed by atoms with E-state index in [9.17, 15) is 5.11 Å². The van der Waals surface area contributed by atoms with Crippen LogP contribution in [0.25, 0.3) is 0 Å². The van der Waals surface area contributed by atoms with E-state index in [0.717, 1.165) is 11.4 Å². The molecule has 1 heterocycles. The molecule has 0 amide bonds. The fourth-order valence-corrected chi connectivity index (χ4v) is 1.96. The Morgan fingerprint density at radius 2 is 2.19 bits per heavy atom.